The van der Waals surface area contributed by atoms with Crippen molar-refractivity contribution in [2.75, 3.05) is 20.2 Å². The zero-order valence-electron chi connectivity index (χ0n) is 17.1. The minimum absolute atomic E-state index is 0.0874. The molecule has 4 aromatic rings. The van der Waals surface area contributed by atoms with Crippen molar-refractivity contribution < 1.29 is 9.53 Å². The van der Waals surface area contributed by atoms with Crippen LogP contribution in [0.5, 0.6) is 5.75 Å². The molecule has 31 heavy (non-hydrogen) atoms. The van der Waals surface area contributed by atoms with Crippen molar-refractivity contribution in [1.82, 2.24) is 39.6 Å². The van der Waals surface area contributed by atoms with E-state index in [1.807, 2.05) is 35.2 Å². The number of carbonyl (C=O) groups excluding carboxylic acids is 1. The van der Waals surface area contributed by atoms with Crippen LogP contribution in [0.1, 0.15) is 12.2 Å². The molecule has 0 bridgehead atoms. The highest BCUT2D eigenvalue weighted by molar-refractivity contribution is 5.76. The number of nitrogens with zero attached hydrogens (tertiary/aromatic N) is 8. The summed E-state index contributed by atoms with van der Waals surface area (Å²) in [6.07, 6.45) is 6.82. The standard InChI is InChI=1S/C21H22N8O2/c1-31-17-5-3-16(4-6-17)29-21-18(25-26-29)12-22-19(24-21)11-15-7-10-27(13-15)20(30)14-28-9-2-8-23-28/h2-6,8-9,12,15H,7,10-11,13-14H2,1H3/t15-/m1/s1. The van der Waals surface area contributed by atoms with Crippen molar-refractivity contribution in [3.05, 3.63) is 54.7 Å². The molecule has 0 aliphatic carbocycles. The maximum absolute atomic E-state index is 12.5. The normalized spacial score (nSPS) is 16.2. The number of hydrogen-bond donors (Lipinski definition) is 0. The first-order chi connectivity index (χ1) is 15.2. The van der Waals surface area contributed by atoms with Crippen LogP contribution in [0.15, 0.2) is 48.9 Å². The van der Waals surface area contributed by atoms with Crippen molar-refractivity contribution in [2.24, 2.45) is 5.92 Å². The Kier molecular flexibility index (Phi) is 5.03. The number of fused-ring (bicyclic) bond motifs is 1. The second kappa shape index (κ2) is 8.13. The lowest BCUT2D eigenvalue weighted by atomic mass is 10.0. The van der Waals surface area contributed by atoms with Gasteiger partial charge in [-0.2, -0.15) is 9.78 Å². The van der Waals surface area contributed by atoms with Gasteiger partial charge in [0.15, 0.2) is 11.2 Å². The lowest BCUT2D eigenvalue weighted by Crippen LogP contribution is -2.32. The van der Waals surface area contributed by atoms with Gasteiger partial charge in [-0.25, -0.2) is 9.97 Å². The molecule has 3 aromatic heterocycles. The number of likely N-dealkylation sites (tertiary alicyclic amines) is 1. The van der Waals surface area contributed by atoms with Gasteiger partial charge in [-0.05, 0) is 42.7 Å². The Balaban J connectivity index is 1.29. The second-order valence-corrected chi connectivity index (χ2v) is 7.60. The van der Waals surface area contributed by atoms with E-state index in [1.165, 1.54) is 0 Å². The van der Waals surface area contributed by atoms with Crippen LogP contribution in [-0.4, -0.2) is 65.7 Å². The van der Waals surface area contributed by atoms with Gasteiger partial charge >= 0.3 is 0 Å². The fourth-order valence-corrected chi connectivity index (χ4v) is 3.88. The maximum Gasteiger partial charge on any atom is 0.244 e. The Morgan fingerprint density at radius 3 is 2.90 bits per heavy atom. The van der Waals surface area contributed by atoms with Crippen LogP contribution in [0.3, 0.4) is 0 Å². The first-order valence-electron chi connectivity index (χ1n) is 10.2. The van der Waals surface area contributed by atoms with Crippen LogP contribution in [0.2, 0.25) is 0 Å². The van der Waals surface area contributed by atoms with Gasteiger partial charge in [-0.3, -0.25) is 9.48 Å². The smallest absolute Gasteiger partial charge is 0.244 e. The Bertz CT molecular complexity index is 1190. The Hall–Kier alpha value is -3.82. The molecule has 1 aromatic carbocycles. The van der Waals surface area contributed by atoms with Crippen LogP contribution in [-0.2, 0) is 17.8 Å². The number of ether oxygens (including phenoxy) is 1. The highest BCUT2D eigenvalue weighted by Gasteiger charge is 2.27. The summed E-state index contributed by atoms with van der Waals surface area (Å²) in [5.74, 6) is 1.92. The largest absolute Gasteiger partial charge is 0.497 e. The van der Waals surface area contributed by atoms with Gasteiger partial charge in [0.25, 0.3) is 0 Å². The van der Waals surface area contributed by atoms with E-state index in [9.17, 15) is 4.79 Å². The number of methoxy groups -OCH3 is 1. The summed E-state index contributed by atoms with van der Waals surface area (Å²) in [7, 11) is 1.63. The van der Waals surface area contributed by atoms with Gasteiger partial charge in [0.2, 0.25) is 5.91 Å². The third-order valence-corrected chi connectivity index (χ3v) is 5.53. The number of rotatable bonds is 6. The fraction of sp³-hybridized carbons (Fsp3) is 0.333. The molecular weight excluding hydrogens is 396 g/mol. The summed E-state index contributed by atoms with van der Waals surface area (Å²) >= 11 is 0. The minimum Gasteiger partial charge on any atom is -0.497 e. The molecule has 1 saturated heterocycles. The van der Waals surface area contributed by atoms with E-state index in [1.54, 1.807) is 35.1 Å². The van der Waals surface area contributed by atoms with Crippen LogP contribution in [0.25, 0.3) is 16.9 Å². The lowest BCUT2D eigenvalue weighted by molar-refractivity contribution is -0.131. The van der Waals surface area contributed by atoms with Gasteiger partial charge in [0.05, 0.1) is 19.0 Å². The number of amides is 1. The van der Waals surface area contributed by atoms with Crippen molar-refractivity contribution in [3.63, 3.8) is 0 Å². The van der Waals surface area contributed by atoms with E-state index in [2.05, 4.69) is 20.4 Å². The quantitative estimate of drug-likeness (QED) is 0.467. The summed E-state index contributed by atoms with van der Waals surface area (Å²) in [6, 6.07) is 9.39. The average molecular weight is 418 g/mol. The molecule has 1 aliphatic heterocycles. The summed E-state index contributed by atoms with van der Waals surface area (Å²) in [4.78, 5) is 23.6. The Morgan fingerprint density at radius 2 is 2.13 bits per heavy atom. The molecule has 0 radical (unpaired) electrons. The third-order valence-electron chi connectivity index (χ3n) is 5.53. The van der Waals surface area contributed by atoms with E-state index in [-0.39, 0.29) is 12.5 Å². The molecular formula is C21H22N8O2. The number of benzene rings is 1. The van der Waals surface area contributed by atoms with Gasteiger partial charge in [-0.1, -0.05) is 5.21 Å². The number of carbonyl (C=O) groups is 1. The molecule has 0 spiro atoms. The molecule has 1 amide bonds. The monoisotopic (exact) mass is 418 g/mol. The van der Waals surface area contributed by atoms with Crippen molar-refractivity contribution >= 4 is 17.1 Å². The van der Waals surface area contributed by atoms with Crippen LogP contribution in [0.4, 0.5) is 0 Å². The summed E-state index contributed by atoms with van der Waals surface area (Å²) < 4.78 is 8.57. The van der Waals surface area contributed by atoms with Gasteiger partial charge < -0.3 is 9.64 Å². The van der Waals surface area contributed by atoms with Gasteiger partial charge in [0, 0.05) is 31.9 Å². The molecule has 0 saturated carbocycles. The fourth-order valence-electron chi connectivity index (χ4n) is 3.88. The Labute approximate surface area is 178 Å². The van der Waals surface area contributed by atoms with Crippen LogP contribution < -0.4 is 4.74 Å². The first kappa shape index (κ1) is 19.2. The maximum atomic E-state index is 12.5. The molecule has 0 unspecified atom stereocenters. The van der Waals surface area contributed by atoms with E-state index >= 15 is 0 Å². The van der Waals surface area contributed by atoms with Crippen molar-refractivity contribution in [2.45, 2.75) is 19.4 Å². The van der Waals surface area contributed by atoms with Crippen molar-refractivity contribution in [3.8, 4) is 11.4 Å². The summed E-state index contributed by atoms with van der Waals surface area (Å²) in [5, 5.41) is 12.5. The first-order valence-corrected chi connectivity index (χ1v) is 10.2. The molecule has 1 atom stereocenters. The highest BCUT2D eigenvalue weighted by atomic mass is 16.5. The molecule has 0 N–H and O–H groups in total. The second-order valence-electron chi connectivity index (χ2n) is 7.60. The SMILES string of the molecule is COc1ccc(-n2nnc3cnc(C[C@H]4CCN(C(=O)Cn5cccn5)C4)nc32)cc1. The molecule has 1 fully saturated rings. The van der Waals surface area contributed by atoms with Crippen LogP contribution in [0, 0.1) is 5.92 Å². The predicted octanol–water partition coefficient (Wildman–Crippen LogP) is 1.51. The third kappa shape index (κ3) is 3.96. The van der Waals surface area contributed by atoms with E-state index in [0.29, 0.717) is 30.0 Å². The molecule has 4 heterocycles. The van der Waals surface area contributed by atoms with E-state index in [4.69, 9.17) is 9.72 Å². The number of aromatic nitrogens is 7. The van der Waals surface area contributed by atoms with Crippen LogP contribution >= 0.6 is 0 Å². The summed E-state index contributed by atoms with van der Waals surface area (Å²) in [5.41, 5.74) is 2.16. The average Bonchev–Trinajstić information content (AvgIpc) is 3.55. The van der Waals surface area contributed by atoms with Gasteiger partial charge in [-0.15, -0.1) is 5.10 Å². The topological polar surface area (TPSA) is 104 Å². The van der Waals surface area contributed by atoms with Gasteiger partial charge in [0.1, 0.15) is 18.1 Å². The highest BCUT2D eigenvalue weighted by Crippen LogP contribution is 2.22. The van der Waals surface area contributed by atoms with E-state index in [0.717, 1.165) is 30.2 Å². The Morgan fingerprint density at radius 1 is 1.26 bits per heavy atom. The summed E-state index contributed by atoms with van der Waals surface area (Å²) in [6.45, 7) is 1.73. The zero-order valence-corrected chi connectivity index (χ0v) is 17.1. The molecule has 10 heteroatoms. The molecule has 158 valence electrons. The molecule has 5 rings (SSSR count). The minimum atomic E-state index is 0.0874. The zero-order chi connectivity index (χ0) is 21.2. The lowest BCUT2D eigenvalue weighted by Gasteiger charge is -2.16. The van der Waals surface area contributed by atoms with Crippen molar-refractivity contribution in [1.29, 1.82) is 0 Å². The molecule has 1 aliphatic rings. The van der Waals surface area contributed by atoms with E-state index < -0.39 is 0 Å². The predicted molar refractivity (Wildman–Crippen MR) is 112 cm³/mol. The molecule has 10 nitrogen and oxygen atoms in total. The number of hydrogen-bond acceptors (Lipinski definition) is 7.